The van der Waals surface area contributed by atoms with Gasteiger partial charge in [0.1, 0.15) is 15.9 Å². The molecule has 3 N–H and O–H groups in total. The van der Waals surface area contributed by atoms with E-state index in [4.69, 9.17) is 0 Å². The molecule has 11 heteroatoms. The third-order valence-corrected chi connectivity index (χ3v) is 6.94. The summed E-state index contributed by atoms with van der Waals surface area (Å²) in [6, 6.07) is 3.52. The van der Waals surface area contributed by atoms with Gasteiger partial charge in [0.2, 0.25) is 10.0 Å². The number of nitrogens with one attached hydrogen (secondary N) is 3. The van der Waals surface area contributed by atoms with Gasteiger partial charge in [0, 0.05) is 25.6 Å². The standard InChI is InChI=1S/C16H25N7O2S2/c1-3-17-16(18-8-9-19-27(24,25)15-5-4-10-26-15)21-13-6-7-14-20-12(2)22-23(14)11-13/h4-5,10,13,19H,3,6-9,11H2,1-2H3,(H2,17,18,21). The van der Waals surface area contributed by atoms with Gasteiger partial charge in [-0.15, -0.1) is 11.3 Å². The van der Waals surface area contributed by atoms with Crippen molar-refractivity contribution in [1.82, 2.24) is 30.1 Å². The smallest absolute Gasteiger partial charge is 0.250 e. The van der Waals surface area contributed by atoms with E-state index in [-0.39, 0.29) is 12.6 Å². The second kappa shape index (κ2) is 8.81. The fraction of sp³-hybridized carbons (Fsp3) is 0.562. The Kier molecular flexibility index (Phi) is 6.45. The Morgan fingerprint density at radius 3 is 3.07 bits per heavy atom. The van der Waals surface area contributed by atoms with Gasteiger partial charge in [-0.25, -0.2) is 22.8 Å². The molecule has 3 rings (SSSR count). The van der Waals surface area contributed by atoms with E-state index in [1.807, 2.05) is 18.5 Å². The second-order valence-electron chi connectivity index (χ2n) is 6.23. The van der Waals surface area contributed by atoms with Gasteiger partial charge >= 0.3 is 0 Å². The maximum absolute atomic E-state index is 12.1. The minimum atomic E-state index is -3.45. The Morgan fingerprint density at radius 2 is 2.33 bits per heavy atom. The highest BCUT2D eigenvalue weighted by Gasteiger charge is 2.21. The molecular weight excluding hydrogens is 386 g/mol. The summed E-state index contributed by atoms with van der Waals surface area (Å²) in [5.74, 6) is 2.50. The maximum Gasteiger partial charge on any atom is 0.250 e. The Labute approximate surface area is 163 Å². The van der Waals surface area contributed by atoms with Gasteiger partial charge in [0.05, 0.1) is 13.1 Å². The van der Waals surface area contributed by atoms with Crippen molar-refractivity contribution < 1.29 is 8.42 Å². The van der Waals surface area contributed by atoms with Crippen LogP contribution in [0.4, 0.5) is 0 Å². The highest BCUT2D eigenvalue weighted by molar-refractivity contribution is 7.91. The van der Waals surface area contributed by atoms with Crippen LogP contribution in [-0.4, -0.2) is 54.8 Å². The Balaban J connectivity index is 1.52. The molecule has 1 aliphatic rings. The monoisotopic (exact) mass is 411 g/mol. The molecule has 0 aromatic carbocycles. The number of hydrogen-bond donors (Lipinski definition) is 3. The lowest BCUT2D eigenvalue weighted by atomic mass is 10.1. The van der Waals surface area contributed by atoms with Crippen molar-refractivity contribution in [1.29, 1.82) is 0 Å². The molecule has 0 saturated heterocycles. The van der Waals surface area contributed by atoms with Crippen LogP contribution in [0.25, 0.3) is 0 Å². The van der Waals surface area contributed by atoms with E-state index < -0.39 is 10.0 Å². The molecule has 0 bridgehead atoms. The van der Waals surface area contributed by atoms with Gasteiger partial charge < -0.3 is 10.6 Å². The van der Waals surface area contributed by atoms with E-state index in [0.717, 1.165) is 37.6 Å². The third kappa shape index (κ3) is 5.27. The van der Waals surface area contributed by atoms with Gasteiger partial charge in [-0.1, -0.05) is 6.07 Å². The molecule has 0 spiro atoms. The van der Waals surface area contributed by atoms with Crippen molar-refractivity contribution in [2.45, 2.75) is 43.5 Å². The number of fused-ring (bicyclic) bond motifs is 1. The number of aromatic nitrogens is 3. The largest absolute Gasteiger partial charge is 0.357 e. The van der Waals surface area contributed by atoms with Crippen molar-refractivity contribution in [2.75, 3.05) is 19.6 Å². The van der Waals surface area contributed by atoms with Gasteiger partial charge in [-0.05, 0) is 31.7 Å². The number of rotatable bonds is 7. The van der Waals surface area contributed by atoms with E-state index in [0.29, 0.717) is 16.7 Å². The van der Waals surface area contributed by atoms with E-state index in [1.165, 1.54) is 11.3 Å². The first-order valence-electron chi connectivity index (χ1n) is 8.96. The highest BCUT2D eigenvalue weighted by atomic mass is 32.2. The van der Waals surface area contributed by atoms with Crippen LogP contribution in [0.1, 0.15) is 25.0 Å². The molecule has 0 fully saturated rings. The molecule has 27 heavy (non-hydrogen) atoms. The molecule has 9 nitrogen and oxygen atoms in total. The van der Waals surface area contributed by atoms with E-state index in [2.05, 4.69) is 30.4 Å². The Morgan fingerprint density at radius 1 is 1.48 bits per heavy atom. The van der Waals surface area contributed by atoms with Gasteiger partial charge in [0.25, 0.3) is 0 Å². The highest BCUT2D eigenvalue weighted by Crippen LogP contribution is 2.15. The zero-order valence-corrected chi connectivity index (χ0v) is 17.1. The zero-order chi connectivity index (χ0) is 19.3. The summed E-state index contributed by atoms with van der Waals surface area (Å²) in [6.07, 6.45) is 1.83. The van der Waals surface area contributed by atoms with Gasteiger partial charge in [-0.2, -0.15) is 5.10 Å². The molecule has 0 radical (unpaired) electrons. The predicted octanol–water partition coefficient (Wildman–Crippen LogP) is 0.496. The quantitative estimate of drug-likeness (QED) is 0.347. The second-order valence-corrected chi connectivity index (χ2v) is 9.17. The van der Waals surface area contributed by atoms with E-state index in [9.17, 15) is 8.42 Å². The zero-order valence-electron chi connectivity index (χ0n) is 15.5. The molecule has 148 valence electrons. The fourth-order valence-electron chi connectivity index (χ4n) is 2.90. The summed E-state index contributed by atoms with van der Waals surface area (Å²) in [5, 5.41) is 12.8. The number of aliphatic imine (C=N–C) groups is 1. The summed E-state index contributed by atoms with van der Waals surface area (Å²) in [4.78, 5) is 8.90. The lowest BCUT2D eigenvalue weighted by Gasteiger charge is -2.25. The topological polar surface area (TPSA) is 113 Å². The molecule has 0 saturated carbocycles. The minimum absolute atomic E-state index is 0.208. The molecule has 0 amide bonds. The van der Waals surface area contributed by atoms with Crippen LogP contribution in [0.5, 0.6) is 0 Å². The van der Waals surface area contributed by atoms with E-state index >= 15 is 0 Å². The number of hydrogen-bond acceptors (Lipinski definition) is 6. The summed E-state index contributed by atoms with van der Waals surface area (Å²) in [7, 11) is -3.45. The predicted molar refractivity (Wildman–Crippen MR) is 105 cm³/mol. The van der Waals surface area contributed by atoms with Gasteiger partial charge in [-0.3, -0.25) is 4.99 Å². The van der Waals surface area contributed by atoms with Crippen LogP contribution in [-0.2, 0) is 23.0 Å². The fourth-order valence-corrected chi connectivity index (χ4v) is 4.96. The summed E-state index contributed by atoms with van der Waals surface area (Å²) in [6.45, 7) is 5.96. The molecule has 1 aliphatic heterocycles. The Bertz CT molecular complexity index is 875. The van der Waals surface area contributed by atoms with Crippen molar-refractivity contribution in [3.05, 3.63) is 29.2 Å². The Hall–Kier alpha value is -1.98. The van der Waals surface area contributed by atoms with Crippen LogP contribution < -0.4 is 15.4 Å². The van der Waals surface area contributed by atoms with Crippen LogP contribution in [0.2, 0.25) is 0 Å². The van der Waals surface area contributed by atoms with Crippen LogP contribution >= 0.6 is 11.3 Å². The number of aryl methyl sites for hydroxylation is 2. The molecule has 1 atom stereocenters. The average molecular weight is 412 g/mol. The molecule has 3 heterocycles. The average Bonchev–Trinajstić information content (AvgIpc) is 3.27. The maximum atomic E-state index is 12.1. The first-order valence-corrected chi connectivity index (χ1v) is 11.3. The van der Waals surface area contributed by atoms with Crippen LogP contribution in [0, 0.1) is 6.92 Å². The lowest BCUT2D eigenvalue weighted by molar-refractivity contribution is 0.392. The summed E-state index contributed by atoms with van der Waals surface area (Å²) < 4.78 is 29.0. The van der Waals surface area contributed by atoms with Crippen molar-refractivity contribution >= 4 is 27.3 Å². The molecule has 0 aliphatic carbocycles. The molecule has 1 unspecified atom stereocenters. The van der Waals surface area contributed by atoms with Gasteiger partial charge in [0.15, 0.2) is 5.96 Å². The van der Waals surface area contributed by atoms with Crippen LogP contribution in [0.3, 0.4) is 0 Å². The number of guanidine groups is 1. The molecule has 2 aromatic rings. The number of sulfonamides is 1. The number of thiophene rings is 1. The van der Waals surface area contributed by atoms with Crippen molar-refractivity contribution in [3.63, 3.8) is 0 Å². The van der Waals surface area contributed by atoms with E-state index in [1.54, 1.807) is 17.5 Å². The normalized spacial score (nSPS) is 17.6. The summed E-state index contributed by atoms with van der Waals surface area (Å²) in [5.41, 5.74) is 0. The molecular formula is C16H25N7O2S2. The number of nitrogens with zero attached hydrogens (tertiary/aromatic N) is 4. The van der Waals surface area contributed by atoms with Crippen molar-refractivity contribution in [2.24, 2.45) is 4.99 Å². The van der Waals surface area contributed by atoms with Crippen LogP contribution in [0.15, 0.2) is 26.7 Å². The van der Waals surface area contributed by atoms with Crippen molar-refractivity contribution in [3.8, 4) is 0 Å². The minimum Gasteiger partial charge on any atom is -0.357 e. The first-order chi connectivity index (χ1) is 13.0. The lowest BCUT2D eigenvalue weighted by Crippen LogP contribution is -2.47. The SMILES string of the molecule is CCNC(=NCCNS(=O)(=O)c1cccs1)NC1CCc2nc(C)nn2C1. The third-order valence-electron chi connectivity index (χ3n) is 4.08. The molecule has 2 aromatic heterocycles. The summed E-state index contributed by atoms with van der Waals surface area (Å²) >= 11 is 1.20. The first kappa shape index (κ1) is 19.8.